The van der Waals surface area contributed by atoms with Gasteiger partial charge in [-0.3, -0.25) is 4.90 Å². The zero-order chi connectivity index (χ0) is 15.2. The number of thiazole rings is 1. The Morgan fingerprint density at radius 1 is 1.14 bits per heavy atom. The highest BCUT2D eigenvalue weighted by Crippen LogP contribution is 2.25. The van der Waals surface area contributed by atoms with Gasteiger partial charge in [-0.1, -0.05) is 24.3 Å². The molecule has 0 spiro atoms. The molecule has 1 aliphatic heterocycles. The normalized spacial score (nSPS) is 16.0. The maximum absolute atomic E-state index is 5.38. The summed E-state index contributed by atoms with van der Waals surface area (Å²) in [6.07, 6.45) is 5.64. The number of aryl methyl sites for hydroxylation is 2. The Morgan fingerprint density at radius 3 is 2.59 bits per heavy atom. The molecule has 0 aliphatic carbocycles. The van der Waals surface area contributed by atoms with Crippen LogP contribution >= 0.6 is 11.3 Å². The summed E-state index contributed by atoms with van der Waals surface area (Å²) in [5, 5.41) is 1.12. The maximum Gasteiger partial charge on any atom is 0.123 e. The second-order valence-corrected chi connectivity index (χ2v) is 7.12. The van der Waals surface area contributed by atoms with E-state index in [4.69, 9.17) is 4.74 Å². The number of morpholine rings is 1. The van der Waals surface area contributed by atoms with E-state index in [1.54, 1.807) is 11.3 Å². The number of aromatic nitrogens is 1. The van der Waals surface area contributed by atoms with Crippen molar-refractivity contribution in [2.75, 3.05) is 32.8 Å². The van der Waals surface area contributed by atoms with Crippen LogP contribution in [0.25, 0.3) is 10.6 Å². The van der Waals surface area contributed by atoms with Gasteiger partial charge in [-0.2, -0.15) is 0 Å². The third-order valence-corrected chi connectivity index (χ3v) is 5.08. The molecule has 118 valence electrons. The quantitative estimate of drug-likeness (QED) is 0.759. The van der Waals surface area contributed by atoms with E-state index in [0.717, 1.165) is 31.3 Å². The summed E-state index contributed by atoms with van der Waals surface area (Å²) in [5.74, 6) is 0. The van der Waals surface area contributed by atoms with E-state index in [0.29, 0.717) is 0 Å². The Balaban J connectivity index is 1.43. The molecule has 22 heavy (non-hydrogen) atoms. The second-order valence-electron chi connectivity index (χ2n) is 5.88. The van der Waals surface area contributed by atoms with E-state index >= 15 is 0 Å². The number of ether oxygens (including phenoxy) is 1. The molecule has 4 heteroatoms. The second kappa shape index (κ2) is 7.86. The molecular weight excluding hydrogens is 292 g/mol. The van der Waals surface area contributed by atoms with Crippen molar-refractivity contribution in [1.29, 1.82) is 0 Å². The van der Waals surface area contributed by atoms with Crippen LogP contribution in [0.4, 0.5) is 0 Å². The van der Waals surface area contributed by atoms with E-state index in [-0.39, 0.29) is 0 Å². The van der Waals surface area contributed by atoms with Gasteiger partial charge in [0.25, 0.3) is 0 Å². The fourth-order valence-corrected chi connectivity index (χ4v) is 3.56. The first kappa shape index (κ1) is 15.7. The lowest BCUT2D eigenvalue weighted by Crippen LogP contribution is -2.36. The van der Waals surface area contributed by atoms with Crippen LogP contribution in [0.2, 0.25) is 0 Å². The molecule has 1 aliphatic rings. The Morgan fingerprint density at radius 2 is 1.91 bits per heavy atom. The molecule has 0 unspecified atom stereocenters. The first-order valence-electron chi connectivity index (χ1n) is 8.13. The SMILES string of the molecule is Cc1cnc(-c2ccc(CCCCN3CCOCC3)cc2)s1. The first-order chi connectivity index (χ1) is 10.8. The van der Waals surface area contributed by atoms with Crippen LogP contribution in [-0.4, -0.2) is 42.7 Å². The van der Waals surface area contributed by atoms with Gasteiger partial charge in [-0.05, 0) is 38.3 Å². The van der Waals surface area contributed by atoms with Gasteiger partial charge in [0.2, 0.25) is 0 Å². The zero-order valence-electron chi connectivity index (χ0n) is 13.3. The molecule has 0 atom stereocenters. The molecule has 0 bridgehead atoms. The molecule has 2 aromatic rings. The van der Waals surface area contributed by atoms with Crippen molar-refractivity contribution in [2.24, 2.45) is 0 Å². The molecule has 1 fully saturated rings. The molecule has 0 radical (unpaired) electrons. The monoisotopic (exact) mass is 316 g/mol. The Bertz CT molecular complexity index is 573. The van der Waals surface area contributed by atoms with Gasteiger partial charge in [0.1, 0.15) is 5.01 Å². The molecule has 1 aromatic heterocycles. The molecular formula is C18H24N2OS. The van der Waals surface area contributed by atoms with E-state index < -0.39 is 0 Å². The summed E-state index contributed by atoms with van der Waals surface area (Å²) in [4.78, 5) is 8.22. The van der Waals surface area contributed by atoms with Crippen LogP contribution in [0.3, 0.4) is 0 Å². The van der Waals surface area contributed by atoms with Crippen LogP contribution in [0, 0.1) is 6.92 Å². The van der Waals surface area contributed by atoms with E-state index in [1.807, 2.05) is 6.20 Å². The summed E-state index contributed by atoms with van der Waals surface area (Å²) in [5.41, 5.74) is 2.66. The summed E-state index contributed by atoms with van der Waals surface area (Å²) < 4.78 is 5.38. The third-order valence-electron chi connectivity index (χ3n) is 4.12. The summed E-state index contributed by atoms with van der Waals surface area (Å²) in [7, 11) is 0. The topological polar surface area (TPSA) is 25.4 Å². The van der Waals surface area contributed by atoms with Gasteiger partial charge in [0.15, 0.2) is 0 Å². The predicted molar refractivity (Wildman–Crippen MR) is 92.5 cm³/mol. The van der Waals surface area contributed by atoms with Crippen molar-refractivity contribution in [2.45, 2.75) is 26.2 Å². The van der Waals surface area contributed by atoms with Crippen molar-refractivity contribution in [3.63, 3.8) is 0 Å². The van der Waals surface area contributed by atoms with Gasteiger partial charge in [-0.15, -0.1) is 11.3 Å². The first-order valence-corrected chi connectivity index (χ1v) is 8.95. The zero-order valence-corrected chi connectivity index (χ0v) is 14.1. The highest BCUT2D eigenvalue weighted by atomic mass is 32.1. The van der Waals surface area contributed by atoms with E-state index in [2.05, 4.69) is 41.1 Å². The van der Waals surface area contributed by atoms with Crippen molar-refractivity contribution in [3.05, 3.63) is 40.9 Å². The average Bonchev–Trinajstić information content (AvgIpc) is 3.00. The fraction of sp³-hybridized carbons (Fsp3) is 0.500. The number of benzene rings is 1. The van der Waals surface area contributed by atoms with E-state index in [9.17, 15) is 0 Å². The molecule has 1 aromatic carbocycles. The van der Waals surface area contributed by atoms with Crippen LogP contribution in [0.5, 0.6) is 0 Å². The smallest absolute Gasteiger partial charge is 0.123 e. The van der Waals surface area contributed by atoms with Crippen LogP contribution in [0.1, 0.15) is 23.3 Å². The van der Waals surface area contributed by atoms with Crippen LogP contribution < -0.4 is 0 Å². The molecule has 2 heterocycles. The lowest BCUT2D eigenvalue weighted by Gasteiger charge is -2.26. The van der Waals surface area contributed by atoms with Gasteiger partial charge < -0.3 is 4.74 Å². The van der Waals surface area contributed by atoms with Crippen molar-refractivity contribution >= 4 is 11.3 Å². The van der Waals surface area contributed by atoms with Crippen molar-refractivity contribution in [1.82, 2.24) is 9.88 Å². The largest absolute Gasteiger partial charge is 0.379 e. The summed E-state index contributed by atoms with van der Waals surface area (Å²) in [6, 6.07) is 8.91. The van der Waals surface area contributed by atoms with Gasteiger partial charge in [0, 0.05) is 29.7 Å². The van der Waals surface area contributed by atoms with Crippen molar-refractivity contribution in [3.8, 4) is 10.6 Å². The van der Waals surface area contributed by atoms with Gasteiger partial charge >= 0.3 is 0 Å². The van der Waals surface area contributed by atoms with Crippen molar-refractivity contribution < 1.29 is 4.74 Å². The van der Waals surface area contributed by atoms with Crippen LogP contribution in [0.15, 0.2) is 30.5 Å². The number of nitrogens with zero attached hydrogens (tertiary/aromatic N) is 2. The minimum absolute atomic E-state index is 0.900. The standard InChI is InChI=1S/C18H24N2OS/c1-15-14-19-18(22-15)17-7-5-16(6-8-17)4-2-3-9-20-10-12-21-13-11-20/h5-8,14H,2-4,9-13H2,1H3. The maximum atomic E-state index is 5.38. The Kier molecular flexibility index (Phi) is 5.59. The van der Waals surface area contributed by atoms with Crippen LogP contribution in [-0.2, 0) is 11.2 Å². The molecule has 0 saturated carbocycles. The summed E-state index contributed by atoms with van der Waals surface area (Å²) in [6.45, 7) is 7.31. The Hall–Kier alpha value is -1.23. The van der Waals surface area contributed by atoms with Gasteiger partial charge in [-0.25, -0.2) is 4.98 Å². The number of hydrogen-bond donors (Lipinski definition) is 0. The number of rotatable bonds is 6. The lowest BCUT2D eigenvalue weighted by atomic mass is 10.1. The molecule has 0 amide bonds. The average molecular weight is 316 g/mol. The number of unbranched alkanes of at least 4 members (excludes halogenated alkanes) is 1. The van der Waals surface area contributed by atoms with Gasteiger partial charge in [0.05, 0.1) is 13.2 Å². The Labute approximate surface area is 137 Å². The highest BCUT2D eigenvalue weighted by molar-refractivity contribution is 7.14. The van der Waals surface area contributed by atoms with E-state index in [1.165, 1.54) is 41.8 Å². The minimum Gasteiger partial charge on any atom is -0.379 e. The third kappa shape index (κ3) is 4.38. The summed E-state index contributed by atoms with van der Waals surface area (Å²) >= 11 is 1.76. The molecule has 3 rings (SSSR count). The number of hydrogen-bond acceptors (Lipinski definition) is 4. The molecule has 1 saturated heterocycles. The lowest BCUT2D eigenvalue weighted by molar-refractivity contribution is 0.0372. The highest BCUT2D eigenvalue weighted by Gasteiger charge is 2.09. The fourth-order valence-electron chi connectivity index (χ4n) is 2.79. The minimum atomic E-state index is 0.900. The molecule has 3 nitrogen and oxygen atoms in total. The molecule has 0 N–H and O–H groups in total. The predicted octanol–water partition coefficient (Wildman–Crippen LogP) is 3.77.